The van der Waals surface area contributed by atoms with Gasteiger partial charge in [-0.2, -0.15) is 5.10 Å². The smallest absolute Gasteiger partial charge is 0.137 e. The number of halogens is 1. The van der Waals surface area contributed by atoms with Crippen LogP contribution < -0.4 is 5.32 Å². The van der Waals surface area contributed by atoms with Crippen LogP contribution >= 0.6 is 15.9 Å². The lowest BCUT2D eigenvalue weighted by Crippen LogP contribution is -2.05. The fraction of sp³-hybridized carbons (Fsp3) is 0.364. The highest BCUT2D eigenvalue weighted by atomic mass is 79.9. The molecule has 5 nitrogen and oxygen atoms in total. The van der Waals surface area contributed by atoms with Gasteiger partial charge in [0.1, 0.15) is 18.0 Å². The van der Waals surface area contributed by atoms with Gasteiger partial charge in [0, 0.05) is 23.6 Å². The molecule has 0 bridgehead atoms. The predicted molar refractivity (Wildman–Crippen MR) is 69.9 cm³/mol. The highest BCUT2D eigenvalue weighted by Gasteiger charge is 1.99. The standard InChI is InChI=1S/C11H14BrN5/c1-8-5-11(14-6-9(8)12)13-4-2-3-10-15-7-16-17-10/h5-7H,2-4H2,1H3,(H,13,14)(H,15,16,17). The molecule has 0 amide bonds. The van der Waals surface area contributed by atoms with Gasteiger partial charge in [-0.1, -0.05) is 0 Å². The maximum absolute atomic E-state index is 4.28. The number of aromatic amines is 1. The van der Waals surface area contributed by atoms with Crippen molar-refractivity contribution in [3.63, 3.8) is 0 Å². The number of anilines is 1. The molecule has 0 spiro atoms. The summed E-state index contributed by atoms with van der Waals surface area (Å²) in [7, 11) is 0. The van der Waals surface area contributed by atoms with Crippen LogP contribution in [-0.2, 0) is 6.42 Å². The first kappa shape index (κ1) is 12.0. The zero-order chi connectivity index (χ0) is 12.1. The Morgan fingerprint density at radius 2 is 2.29 bits per heavy atom. The molecular weight excluding hydrogens is 282 g/mol. The number of hydrogen-bond donors (Lipinski definition) is 2. The van der Waals surface area contributed by atoms with E-state index < -0.39 is 0 Å². The fourth-order valence-corrected chi connectivity index (χ4v) is 1.68. The van der Waals surface area contributed by atoms with Crippen molar-refractivity contribution >= 4 is 21.7 Å². The summed E-state index contributed by atoms with van der Waals surface area (Å²) in [5, 5.41) is 9.93. The third-order valence-electron chi connectivity index (χ3n) is 2.41. The molecule has 0 unspecified atom stereocenters. The van der Waals surface area contributed by atoms with E-state index in [4.69, 9.17) is 0 Å². The maximum atomic E-state index is 4.28. The van der Waals surface area contributed by atoms with Gasteiger partial charge >= 0.3 is 0 Å². The molecule has 2 heterocycles. The van der Waals surface area contributed by atoms with Gasteiger partial charge in [-0.3, -0.25) is 5.10 Å². The Kier molecular flexibility index (Phi) is 4.08. The second kappa shape index (κ2) is 5.77. The van der Waals surface area contributed by atoms with E-state index in [1.54, 1.807) is 0 Å². The van der Waals surface area contributed by atoms with E-state index in [0.29, 0.717) is 0 Å². The van der Waals surface area contributed by atoms with Gasteiger partial charge in [-0.05, 0) is 40.9 Å². The number of rotatable bonds is 5. The van der Waals surface area contributed by atoms with Crippen LogP contribution in [0.5, 0.6) is 0 Å². The molecule has 0 saturated carbocycles. The normalized spacial score (nSPS) is 10.5. The Morgan fingerprint density at radius 1 is 1.41 bits per heavy atom. The van der Waals surface area contributed by atoms with Crippen molar-refractivity contribution in [2.75, 3.05) is 11.9 Å². The van der Waals surface area contributed by atoms with Gasteiger partial charge in [-0.25, -0.2) is 9.97 Å². The van der Waals surface area contributed by atoms with E-state index in [1.165, 1.54) is 11.9 Å². The summed E-state index contributed by atoms with van der Waals surface area (Å²) in [5.74, 6) is 1.83. The average Bonchev–Trinajstić information content (AvgIpc) is 2.82. The van der Waals surface area contributed by atoms with Crippen LogP contribution in [0.1, 0.15) is 17.8 Å². The van der Waals surface area contributed by atoms with Crippen LogP contribution in [0.2, 0.25) is 0 Å². The van der Waals surface area contributed by atoms with Crippen molar-refractivity contribution < 1.29 is 0 Å². The van der Waals surface area contributed by atoms with E-state index >= 15 is 0 Å². The van der Waals surface area contributed by atoms with E-state index in [1.807, 2.05) is 19.2 Å². The van der Waals surface area contributed by atoms with Gasteiger partial charge in [0.2, 0.25) is 0 Å². The van der Waals surface area contributed by atoms with E-state index in [-0.39, 0.29) is 0 Å². The number of aryl methyl sites for hydroxylation is 2. The Labute approximate surface area is 108 Å². The lowest BCUT2D eigenvalue weighted by Gasteiger charge is -2.06. The molecule has 0 aliphatic heterocycles. The van der Waals surface area contributed by atoms with Crippen LogP contribution in [0, 0.1) is 6.92 Å². The Balaban J connectivity index is 1.76. The second-order valence-electron chi connectivity index (χ2n) is 3.78. The monoisotopic (exact) mass is 295 g/mol. The highest BCUT2D eigenvalue weighted by Crippen LogP contribution is 2.17. The highest BCUT2D eigenvalue weighted by molar-refractivity contribution is 9.10. The second-order valence-corrected chi connectivity index (χ2v) is 4.64. The van der Waals surface area contributed by atoms with E-state index in [0.717, 1.165) is 35.5 Å². The molecule has 2 aromatic heterocycles. The van der Waals surface area contributed by atoms with Crippen molar-refractivity contribution in [3.05, 3.63) is 34.5 Å². The third kappa shape index (κ3) is 3.52. The van der Waals surface area contributed by atoms with Crippen LogP contribution in [-0.4, -0.2) is 26.7 Å². The molecule has 0 fully saturated rings. The summed E-state index contributed by atoms with van der Waals surface area (Å²) in [6.45, 7) is 2.92. The molecule has 0 radical (unpaired) electrons. The molecule has 0 aliphatic rings. The summed E-state index contributed by atoms with van der Waals surface area (Å²) in [6.07, 6.45) is 5.23. The molecule has 0 saturated heterocycles. The molecule has 90 valence electrons. The molecule has 0 atom stereocenters. The van der Waals surface area contributed by atoms with Gasteiger partial charge < -0.3 is 5.32 Å². The third-order valence-corrected chi connectivity index (χ3v) is 3.24. The summed E-state index contributed by atoms with van der Waals surface area (Å²) in [6, 6.07) is 2.03. The fourth-order valence-electron chi connectivity index (χ4n) is 1.46. The first-order chi connectivity index (χ1) is 8.25. The number of nitrogens with zero attached hydrogens (tertiary/aromatic N) is 3. The van der Waals surface area contributed by atoms with Gasteiger partial charge in [-0.15, -0.1) is 0 Å². The Bertz CT molecular complexity index is 469. The topological polar surface area (TPSA) is 66.5 Å². The van der Waals surface area contributed by atoms with Crippen LogP contribution in [0.4, 0.5) is 5.82 Å². The van der Waals surface area contributed by atoms with Gasteiger partial charge in [0.25, 0.3) is 0 Å². The molecule has 6 heteroatoms. The van der Waals surface area contributed by atoms with E-state index in [9.17, 15) is 0 Å². The predicted octanol–water partition coefficient (Wildman–Crippen LogP) is 2.32. The number of aromatic nitrogens is 4. The number of nitrogens with one attached hydrogen (secondary N) is 2. The minimum atomic E-state index is 0.870. The van der Waals surface area contributed by atoms with Crippen molar-refractivity contribution in [2.45, 2.75) is 19.8 Å². The van der Waals surface area contributed by atoms with E-state index in [2.05, 4.69) is 41.4 Å². The maximum Gasteiger partial charge on any atom is 0.137 e. The summed E-state index contributed by atoms with van der Waals surface area (Å²) < 4.78 is 1.03. The summed E-state index contributed by atoms with van der Waals surface area (Å²) in [5.41, 5.74) is 1.18. The minimum absolute atomic E-state index is 0.870. The largest absolute Gasteiger partial charge is 0.370 e. The number of H-pyrrole nitrogens is 1. The number of hydrogen-bond acceptors (Lipinski definition) is 4. The Morgan fingerprint density at radius 3 is 3.00 bits per heavy atom. The molecular formula is C11H14BrN5. The van der Waals surface area contributed by atoms with Crippen molar-refractivity contribution in [2.24, 2.45) is 0 Å². The first-order valence-corrected chi connectivity index (χ1v) is 6.25. The molecule has 2 N–H and O–H groups in total. The minimum Gasteiger partial charge on any atom is -0.370 e. The summed E-state index contributed by atoms with van der Waals surface area (Å²) in [4.78, 5) is 8.35. The first-order valence-electron chi connectivity index (χ1n) is 5.46. The SMILES string of the molecule is Cc1cc(NCCCc2ncn[nH]2)ncc1Br. The van der Waals surface area contributed by atoms with Gasteiger partial charge in [0.05, 0.1) is 0 Å². The van der Waals surface area contributed by atoms with Crippen molar-refractivity contribution in [1.82, 2.24) is 20.2 Å². The Hall–Kier alpha value is -1.43. The lowest BCUT2D eigenvalue weighted by molar-refractivity contribution is 0.803. The molecule has 2 aromatic rings. The van der Waals surface area contributed by atoms with Crippen LogP contribution in [0.3, 0.4) is 0 Å². The van der Waals surface area contributed by atoms with Crippen molar-refractivity contribution in [1.29, 1.82) is 0 Å². The zero-order valence-electron chi connectivity index (χ0n) is 9.57. The average molecular weight is 296 g/mol. The molecule has 0 aliphatic carbocycles. The van der Waals surface area contributed by atoms with Gasteiger partial charge in [0.15, 0.2) is 0 Å². The molecule has 2 rings (SSSR count). The zero-order valence-corrected chi connectivity index (χ0v) is 11.2. The van der Waals surface area contributed by atoms with Crippen LogP contribution in [0.15, 0.2) is 23.1 Å². The lowest BCUT2D eigenvalue weighted by atomic mass is 10.3. The number of pyridine rings is 1. The van der Waals surface area contributed by atoms with Crippen LogP contribution in [0.25, 0.3) is 0 Å². The van der Waals surface area contributed by atoms with Crippen molar-refractivity contribution in [3.8, 4) is 0 Å². The summed E-state index contributed by atoms with van der Waals surface area (Å²) >= 11 is 3.43. The molecule has 17 heavy (non-hydrogen) atoms. The molecule has 0 aromatic carbocycles. The quantitative estimate of drug-likeness (QED) is 0.831.